The molecule has 0 bridgehead atoms. The Morgan fingerprint density at radius 2 is 2.18 bits per heavy atom. The third-order valence-corrected chi connectivity index (χ3v) is 2.90. The van der Waals surface area contributed by atoms with E-state index in [2.05, 4.69) is 4.74 Å². The van der Waals surface area contributed by atoms with Gasteiger partial charge in [-0.3, -0.25) is 4.79 Å². The highest BCUT2D eigenvalue weighted by molar-refractivity contribution is 5.78. The summed E-state index contributed by atoms with van der Waals surface area (Å²) in [4.78, 5) is 13.2. The number of nitrogens with zero attached hydrogens (tertiary/aromatic N) is 1. The van der Waals surface area contributed by atoms with Crippen molar-refractivity contribution in [3.05, 3.63) is 0 Å². The van der Waals surface area contributed by atoms with E-state index in [1.807, 2.05) is 4.90 Å². The van der Waals surface area contributed by atoms with Crippen LogP contribution in [0.25, 0.3) is 0 Å². The largest absolute Gasteiger partial charge is 0.411 e. The van der Waals surface area contributed by atoms with E-state index in [9.17, 15) is 18.0 Å². The zero-order chi connectivity index (χ0) is 12.9. The number of Topliss-reactive ketones (excluding diaryl/α,β-unsaturated/α-hetero) is 1. The van der Waals surface area contributed by atoms with Gasteiger partial charge in [-0.1, -0.05) is 0 Å². The Morgan fingerprint density at radius 1 is 1.47 bits per heavy atom. The second-order valence-electron chi connectivity index (χ2n) is 4.42. The summed E-state index contributed by atoms with van der Waals surface area (Å²) in [5.74, 6) is 0.192. The van der Waals surface area contributed by atoms with Crippen LogP contribution >= 0.6 is 0 Å². The predicted octanol–water partition coefficient (Wildman–Crippen LogP) is 1.87. The van der Waals surface area contributed by atoms with E-state index in [1.165, 1.54) is 0 Å². The number of alkyl halides is 3. The van der Waals surface area contributed by atoms with E-state index in [4.69, 9.17) is 0 Å². The fourth-order valence-corrected chi connectivity index (χ4v) is 1.97. The lowest BCUT2D eigenvalue weighted by molar-refractivity contribution is -0.174. The molecule has 1 rings (SSSR count). The van der Waals surface area contributed by atoms with E-state index in [-0.39, 0.29) is 18.3 Å². The van der Waals surface area contributed by atoms with Gasteiger partial charge in [0.2, 0.25) is 0 Å². The molecule has 1 aliphatic rings. The van der Waals surface area contributed by atoms with Crippen LogP contribution < -0.4 is 0 Å². The Balaban J connectivity index is 2.17. The Kier molecular flexibility index (Phi) is 5.39. The zero-order valence-corrected chi connectivity index (χ0v) is 9.92. The molecule has 1 heterocycles. The van der Waals surface area contributed by atoms with E-state index < -0.39 is 12.8 Å². The van der Waals surface area contributed by atoms with Crippen LogP contribution in [0.1, 0.15) is 19.8 Å². The molecule has 0 radical (unpaired) electrons. The van der Waals surface area contributed by atoms with Crippen molar-refractivity contribution in [2.24, 2.45) is 5.92 Å². The third-order valence-electron chi connectivity index (χ3n) is 2.90. The van der Waals surface area contributed by atoms with Gasteiger partial charge in [-0.2, -0.15) is 13.2 Å². The highest BCUT2D eigenvalue weighted by Gasteiger charge is 2.28. The average molecular weight is 253 g/mol. The molecule has 0 spiro atoms. The SMILES string of the molecule is CC(=O)C1CCCN(CCOCC(F)(F)F)C1. The minimum atomic E-state index is -4.26. The second kappa shape index (κ2) is 6.35. The molecule has 17 heavy (non-hydrogen) atoms. The first-order valence-corrected chi connectivity index (χ1v) is 5.76. The molecule has 1 atom stereocenters. The number of carbonyl (C=O) groups is 1. The fourth-order valence-electron chi connectivity index (χ4n) is 1.97. The number of hydrogen-bond acceptors (Lipinski definition) is 3. The number of ether oxygens (including phenoxy) is 1. The molecule has 0 N–H and O–H groups in total. The van der Waals surface area contributed by atoms with Crippen molar-refractivity contribution in [1.82, 2.24) is 4.90 Å². The molecule has 1 fully saturated rings. The number of rotatable bonds is 5. The normalized spacial score (nSPS) is 22.7. The van der Waals surface area contributed by atoms with Gasteiger partial charge < -0.3 is 9.64 Å². The summed E-state index contributed by atoms with van der Waals surface area (Å²) >= 11 is 0. The monoisotopic (exact) mass is 253 g/mol. The number of hydrogen-bond donors (Lipinski definition) is 0. The Morgan fingerprint density at radius 3 is 2.76 bits per heavy atom. The van der Waals surface area contributed by atoms with Crippen molar-refractivity contribution in [3.63, 3.8) is 0 Å². The summed E-state index contributed by atoms with van der Waals surface area (Å²) in [6.45, 7) is 2.36. The number of likely N-dealkylation sites (tertiary alicyclic amines) is 1. The van der Waals surface area contributed by atoms with Crippen LogP contribution in [-0.2, 0) is 9.53 Å². The van der Waals surface area contributed by atoms with Crippen LogP contribution in [0.15, 0.2) is 0 Å². The van der Waals surface area contributed by atoms with Crippen LogP contribution in [0.3, 0.4) is 0 Å². The van der Waals surface area contributed by atoms with Crippen LogP contribution in [-0.4, -0.2) is 49.7 Å². The maximum atomic E-state index is 11.8. The van der Waals surface area contributed by atoms with Crippen molar-refractivity contribution in [3.8, 4) is 0 Å². The highest BCUT2D eigenvalue weighted by Crippen LogP contribution is 2.17. The summed E-state index contributed by atoms with van der Waals surface area (Å²) in [7, 11) is 0. The molecule has 0 aromatic heterocycles. The molecule has 6 heteroatoms. The summed E-state index contributed by atoms with van der Waals surface area (Å²) in [6, 6.07) is 0. The van der Waals surface area contributed by atoms with Gasteiger partial charge in [0, 0.05) is 19.0 Å². The molecule has 1 saturated heterocycles. The summed E-state index contributed by atoms with van der Waals surface area (Å²) in [6.07, 6.45) is -2.46. The number of piperidine rings is 1. The van der Waals surface area contributed by atoms with E-state index in [0.29, 0.717) is 13.1 Å². The van der Waals surface area contributed by atoms with Crippen LogP contribution in [0.5, 0.6) is 0 Å². The molecule has 0 aromatic carbocycles. The lowest BCUT2D eigenvalue weighted by atomic mass is 9.95. The highest BCUT2D eigenvalue weighted by atomic mass is 19.4. The van der Waals surface area contributed by atoms with Gasteiger partial charge in [-0.15, -0.1) is 0 Å². The fraction of sp³-hybridized carbons (Fsp3) is 0.909. The number of ketones is 1. The first-order chi connectivity index (χ1) is 7.88. The maximum absolute atomic E-state index is 11.8. The number of halogens is 3. The lowest BCUT2D eigenvalue weighted by Gasteiger charge is -2.31. The minimum Gasteiger partial charge on any atom is -0.371 e. The molecule has 0 aromatic rings. The molecular weight excluding hydrogens is 235 g/mol. The molecule has 100 valence electrons. The molecule has 0 amide bonds. The van der Waals surface area contributed by atoms with E-state index in [1.54, 1.807) is 6.92 Å². The summed E-state index contributed by atoms with van der Waals surface area (Å²) in [5.41, 5.74) is 0. The van der Waals surface area contributed by atoms with Gasteiger partial charge in [0.05, 0.1) is 6.61 Å². The lowest BCUT2D eigenvalue weighted by Crippen LogP contribution is -2.40. The van der Waals surface area contributed by atoms with Crippen LogP contribution in [0.4, 0.5) is 13.2 Å². The molecule has 1 aliphatic heterocycles. The maximum Gasteiger partial charge on any atom is 0.411 e. The van der Waals surface area contributed by atoms with Gasteiger partial charge in [0.15, 0.2) is 0 Å². The van der Waals surface area contributed by atoms with Gasteiger partial charge in [-0.25, -0.2) is 0 Å². The van der Waals surface area contributed by atoms with Crippen molar-refractivity contribution in [2.45, 2.75) is 25.9 Å². The third kappa shape index (κ3) is 6.02. The molecule has 1 unspecified atom stereocenters. The molecular formula is C11H18F3NO2. The first-order valence-electron chi connectivity index (χ1n) is 5.76. The van der Waals surface area contributed by atoms with Gasteiger partial charge >= 0.3 is 6.18 Å². The van der Waals surface area contributed by atoms with Crippen LogP contribution in [0.2, 0.25) is 0 Å². The summed E-state index contributed by atoms with van der Waals surface area (Å²) in [5, 5.41) is 0. The van der Waals surface area contributed by atoms with E-state index in [0.717, 1.165) is 19.4 Å². The van der Waals surface area contributed by atoms with Crippen molar-refractivity contribution in [1.29, 1.82) is 0 Å². The van der Waals surface area contributed by atoms with Crippen molar-refractivity contribution >= 4 is 5.78 Å². The smallest absolute Gasteiger partial charge is 0.371 e. The predicted molar refractivity (Wildman–Crippen MR) is 56.7 cm³/mol. The van der Waals surface area contributed by atoms with Gasteiger partial charge in [-0.05, 0) is 26.3 Å². The summed E-state index contributed by atoms with van der Waals surface area (Å²) < 4.78 is 40.0. The van der Waals surface area contributed by atoms with Crippen molar-refractivity contribution in [2.75, 3.05) is 32.8 Å². The molecule has 3 nitrogen and oxygen atoms in total. The number of carbonyl (C=O) groups excluding carboxylic acids is 1. The van der Waals surface area contributed by atoms with Gasteiger partial charge in [0.1, 0.15) is 12.4 Å². The Labute approximate surface area is 98.9 Å². The second-order valence-corrected chi connectivity index (χ2v) is 4.42. The van der Waals surface area contributed by atoms with E-state index >= 15 is 0 Å². The molecule has 0 aliphatic carbocycles. The van der Waals surface area contributed by atoms with Crippen LogP contribution in [0, 0.1) is 5.92 Å². The topological polar surface area (TPSA) is 29.5 Å². The van der Waals surface area contributed by atoms with Crippen molar-refractivity contribution < 1.29 is 22.7 Å². The molecule has 0 saturated carbocycles. The Bertz CT molecular complexity index is 256. The zero-order valence-electron chi connectivity index (χ0n) is 9.92. The first kappa shape index (κ1) is 14.4. The minimum absolute atomic E-state index is 0.0337. The quantitative estimate of drug-likeness (QED) is 0.700. The average Bonchev–Trinajstić information content (AvgIpc) is 2.23. The van der Waals surface area contributed by atoms with Gasteiger partial charge in [0.25, 0.3) is 0 Å². The Hall–Kier alpha value is -0.620. The standard InChI is InChI=1S/C11H18F3NO2/c1-9(16)10-3-2-4-15(7-10)5-6-17-8-11(12,13)14/h10H,2-8H2,1H3.